The van der Waals surface area contributed by atoms with Crippen LogP contribution in [-0.4, -0.2) is 37.1 Å². The van der Waals surface area contributed by atoms with E-state index in [4.69, 9.17) is 0 Å². The van der Waals surface area contributed by atoms with E-state index < -0.39 is 0 Å². The van der Waals surface area contributed by atoms with Gasteiger partial charge in [0.25, 0.3) is 5.91 Å². The summed E-state index contributed by atoms with van der Waals surface area (Å²) in [5.74, 6) is 0.571. The van der Waals surface area contributed by atoms with E-state index in [1.165, 1.54) is 0 Å². The smallest absolute Gasteiger partial charge is 0.255 e. The average Bonchev–Trinajstić information content (AvgIpc) is 3.16. The summed E-state index contributed by atoms with van der Waals surface area (Å²) in [6.45, 7) is 1.89. The molecule has 2 aromatic heterocycles. The molecule has 4 rings (SSSR count). The van der Waals surface area contributed by atoms with Crippen LogP contribution < -0.4 is 5.32 Å². The van der Waals surface area contributed by atoms with Gasteiger partial charge in [0.2, 0.25) is 0 Å². The molecule has 128 valence electrons. The number of nitrogens with one attached hydrogen (secondary N) is 2. The van der Waals surface area contributed by atoms with E-state index in [1.807, 2.05) is 20.2 Å². The molecular formula is C17H23N5O2. The first-order valence-electron chi connectivity index (χ1n) is 8.55. The first-order chi connectivity index (χ1) is 11.5. The lowest BCUT2D eigenvalue weighted by Gasteiger charge is -2.37. The second-order valence-corrected chi connectivity index (χ2v) is 7.17. The zero-order chi connectivity index (χ0) is 16.8. The van der Waals surface area contributed by atoms with Gasteiger partial charge in [-0.3, -0.25) is 14.6 Å². The average molecular weight is 329 g/mol. The normalized spacial score (nSPS) is 24.5. The van der Waals surface area contributed by atoms with Crippen molar-refractivity contribution in [1.29, 1.82) is 0 Å². The number of H-pyrrole nitrogens is 1. The summed E-state index contributed by atoms with van der Waals surface area (Å²) in [6.07, 6.45) is 7.08. The number of nitrogens with zero attached hydrogens (tertiary/aromatic N) is 3. The first-order valence-corrected chi connectivity index (χ1v) is 8.55. The van der Waals surface area contributed by atoms with E-state index in [0.717, 1.165) is 29.8 Å². The van der Waals surface area contributed by atoms with E-state index in [0.29, 0.717) is 24.3 Å². The summed E-state index contributed by atoms with van der Waals surface area (Å²) in [6, 6.07) is -0.129. The van der Waals surface area contributed by atoms with Gasteiger partial charge in [0.15, 0.2) is 0 Å². The predicted octanol–water partition coefficient (Wildman–Crippen LogP) is 1.57. The van der Waals surface area contributed by atoms with Crippen molar-refractivity contribution < 1.29 is 9.90 Å². The number of hydrogen-bond acceptors (Lipinski definition) is 4. The van der Waals surface area contributed by atoms with Crippen molar-refractivity contribution in [2.24, 2.45) is 13.0 Å². The Balaban J connectivity index is 1.58. The highest BCUT2D eigenvalue weighted by Gasteiger charge is 2.38. The molecule has 1 unspecified atom stereocenters. The SMILES string of the molecule is Cc1[nH]nc(C2CC2)c1C(=O)NC(c1cnn(C)c1)C1CC(O)C1. The molecule has 0 aromatic carbocycles. The number of carbonyl (C=O) groups is 1. The van der Waals surface area contributed by atoms with E-state index >= 15 is 0 Å². The Kier molecular flexibility index (Phi) is 3.68. The molecule has 1 atom stereocenters. The summed E-state index contributed by atoms with van der Waals surface area (Å²) in [4.78, 5) is 12.9. The molecular weight excluding hydrogens is 306 g/mol. The van der Waals surface area contributed by atoms with Gasteiger partial charge in [-0.05, 0) is 38.5 Å². The second-order valence-electron chi connectivity index (χ2n) is 7.17. The van der Waals surface area contributed by atoms with Gasteiger partial charge in [0.05, 0.1) is 29.6 Å². The van der Waals surface area contributed by atoms with Crippen LogP contribution in [0.3, 0.4) is 0 Å². The molecule has 2 aliphatic rings. The van der Waals surface area contributed by atoms with Gasteiger partial charge >= 0.3 is 0 Å². The third-order valence-corrected chi connectivity index (χ3v) is 5.16. The van der Waals surface area contributed by atoms with Crippen molar-refractivity contribution >= 4 is 5.91 Å². The number of hydrogen-bond donors (Lipinski definition) is 3. The monoisotopic (exact) mass is 329 g/mol. The van der Waals surface area contributed by atoms with Crippen LogP contribution in [0.1, 0.15) is 65.0 Å². The van der Waals surface area contributed by atoms with Gasteiger partial charge in [-0.1, -0.05) is 0 Å². The van der Waals surface area contributed by atoms with Crippen molar-refractivity contribution in [1.82, 2.24) is 25.3 Å². The quantitative estimate of drug-likeness (QED) is 0.776. The van der Waals surface area contributed by atoms with Crippen LogP contribution in [0.4, 0.5) is 0 Å². The van der Waals surface area contributed by atoms with Gasteiger partial charge in [0.1, 0.15) is 0 Å². The predicted molar refractivity (Wildman–Crippen MR) is 87.4 cm³/mol. The molecule has 3 N–H and O–H groups in total. The zero-order valence-electron chi connectivity index (χ0n) is 14.0. The fraction of sp³-hybridized carbons (Fsp3) is 0.588. The molecule has 2 aliphatic carbocycles. The highest BCUT2D eigenvalue weighted by molar-refractivity contribution is 5.97. The molecule has 2 heterocycles. The molecule has 7 heteroatoms. The molecule has 0 bridgehead atoms. The number of aromatic nitrogens is 4. The Hall–Kier alpha value is -2.15. The van der Waals surface area contributed by atoms with E-state index in [1.54, 1.807) is 10.9 Å². The summed E-state index contributed by atoms with van der Waals surface area (Å²) >= 11 is 0. The number of aliphatic hydroxyl groups is 1. The number of amides is 1. The van der Waals surface area contributed by atoms with Crippen LogP contribution in [0.25, 0.3) is 0 Å². The summed E-state index contributed by atoms with van der Waals surface area (Å²) in [7, 11) is 1.86. The number of rotatable bonds is 5. The fourth-order valence-electron chi connectivity index (χ4n) is 3.58. The third kappa shape index (κ3) is 2.73. The number of aliphatic hydroxyl groups excluding tert-OH is 1. The van der Waals surface area contributed by atoms with Crippen LogP contribution in [0.5, 0.6) is 0 Å². The number of aromatic amines is 1. The Morgan fingerprint density at radius 1 is 1.46 bits per heavy atom. The lowest BCUT2D eigenvalue weighted by Crippen LogP contribution is -2.41. The standard InChI is InChI=1S/C17H23N5O2/c1-9-14(16(21-20-9)10-3-4-10)17(24)19-15(11-5-13(23)6-11)12-7-18-22(2)8-12/h7-8,10-11,13,15,23H,3-6H2,1-2H3,(H,19,24)(H,20,21). The van der Waals surface area contributed by atoms with Gasteiger partial charge in [-0.15, -0.1) is 0 Å². The first kappa shape index (κ1) is 15.4. The van der Waals surface area contributed by atoms with Gasteiger partial charge in [-0.2, -0.15) is 10.2 Å². The van der Waals surface area contributed by atoms with Crippen LogP contribution in [-0.2, 0) is 7.05 Å². The lowest BCUT2D eigenvalue weighted by atomic mass is 9.75. The highest BCUT2D eigenvalue weighted by Crippen LogP contribution is 2.42. The molecule has 0 radical (unpaired) electrons. The number of carbonyl (C=O) groups excluding carboxylic acids is 1. The van der Waals surface area contributed by atoms with Crippen molar-refractivity contribution in [3.05, 3.63) is 34.9 Å². The summed E-state index contributed by atoms with van der Waals surface area (Å²) < 4.78 is 1.74. The Morgan fingerprint density at radius 3 is 2.79 bits per heavy atom. The molecule has 2 saturated carbocycles. The number of aryl methyl sites for hydroxylation is 2. The Morgan fingerprint density at radius 2 is 2.21 bits per heavy atom. The molecule has 7 nitrogen and oxygen atoms in total. The minimum atomic E-state index is -0.260. The maximum atomic E-state index is 12.9. The molecule has 24 heavy (non-hydrogen) atoms. The van der Waals surface area contributed by atoms with E-state index in [-0.39, 0.29) is 24.0 Å². The van der Waals surface area contributed by atoms with E-state index in [2.05, 4.69) is 20.6 Å². The summed E-state index contributed by atoms with van der Waals surface area (Å²) in [5.41, 5.74) is 3.37. The van der Waals surface area contributed by atoms with Crippen LogP contribution in [0.2, 0.25) is 0 Å². The third-order valence-electron chi connectivity index (χ3n) is 5.16. The molecule has 0 saturated heterocycles. The molecule has 0 spiro atoms. The maximum absolute atomic E-state index is 12.9. The Labute approximate surface area is 140 Å². The second kappa shape index (κ2) is 5.73. The van der Waals surface area contributed by atoms with Crippen LogP contribution in [0, 0.1) is 12.8 Å². The van der Waals surface area contributed by atoms with Gasteiger partial charge in [-0.25, -0.2) is 0 Å². The molecule has 2 fully saturated rings. The van der Waals surface area contributed by atoms with Crippen molar-refractivity contribution in [3.63, 3.8) is 0 Å². The minimum Gasteiger partial charge on any atom is -0.393 e. The van der Waals surface area contributed by atoms with Crippen molar-refractivity contribution in [2.75, 3.05) is 0 Å². The van der Waals surface area contributed by atoms with Gasteiger partial charge in [0, 0.05) is 30.4 Å². The Bertz CT molecular complexity index is 755. The van der Waals surface area contributed by atoms with Crippen molar-refractivity contribution in [2.45, 2.75) is 50.7 Å². The van der Waals surface area contributed by atoms with Crippen molar-refractivity contribution in [3.8, 4) is 0 Å². The zero-order valence-corrected chi connectivity index (χ0v) is 14.0. The summed E-state index contributed by atoms with van der Waals surface area (Å²) in [5, 5.41) is 24.3. The van der Waals surface area contributed by atoms with Crippen LogP contribution in [0.15, 0.2) is 12.4 Å². The topological polar surface area (TPSA) is 95.8 Å². The van der Waals surface area contributed by atoms with E-state index in [9.17, 15) is 9.90 Å². The largest absolute Gasteiger partial charge is 0.393 e. The highest BCUT2D eigenvalue weighted by atomic mass is 16.3. The van der Waals surface area contributed by atoms with Gasteiger partial charge < -0.3 is 10.4 Å². The van der Waals surface area contributed by atoms with Crippen LogP contribution >= 0.6 is 0 Å². The fourth-order valence-corrected chi connectivity index (χ4v) is 3.58. The minimum absolute atomic E-state index is 0.0848. The molecule has 0 aliphatic heterocycles. The maximum Gasteiger partial charge on any atom is 0.255 e. The molecule has 1 amide bonds. The molecule has 2 aromatic rings. The lowest BCUT2D eigenvalue weighted by molar-refractivity contribution is 0.0235.